The van der Waals surface area contributed by atoms with Crippen LogP contribution in [-0.2, 0) is 20.4 Å². The molecule has 1 aromatic carbocycles. The molecule has 1 heterocycles. The van der Waals surface area contributed by atoms with E-state index >= 15 is 0 Å². The second kappa shape index (κ2) is 9.89. The van der Waals surface area contributed by atoms with Crippen LogP contribution in [0.15, 0.2) is 42.7 Å². The Kier molecular flexibility index (Phi) is 7.54. The smallest absolute Gasteiger partial charge is 0.338 e. The second-order valence-corrected chi connectivity index (χ2v) is 10.5. The summed E-state index contributed by atoms with van der Waals surface area (Å²) in [6.45, 7) is 1.37. The van der Waals surface area contributed by atoms with Crippen LogP contribution in [0.4, 0.5) is 23.2 Å². The average molecular weight is 502 g/mol. The lowest BCUT2D eigenvalue weighted by atomic mass is 9.70. The van der Waals surface area contributed by atoms with Gasteiger partial charge in [0.2, 0.25) is 15.9 Å². The van der Waals surface area contributed by atoms with Crippen molar-refractivity contribution in [3.05, 3.63) is 59.7 Å². The van der Waals surface area contributed by atoms with Gasteiger partial charge in [0.05, 0.1) is 17.9 Å². The molecule has 6 nitrogen and oxygen atoms in total. The molecule has 34 heavy (non-hydrogen) atoms. The van der Waals surface area contributed by atoms with E-state index < -0.39 is 45.3 Å². The lowest BCUT2D eigenvalue weighted by molar-refractivity contribution is -0.222. The van der Waals surface area contributed by atoms with Crippen LogP contribution in [0.1, 0.15) is 56.1 Å². The fourth-order valence-corrected chi connectivity index (χ4v) is 5.11. The molecule has 0 spiro atoms. The van der Waals surface area contributed by atoms with Crippen LogP contribution in [0.25, 0.3) is 0 Å². The first kappa shape index (κ1) is 25.9. The number of rotatable bonds is 7. The normalized spacial score (nSPS) is 18.1. The molecule has 0 bridgehead atoms. The van der Waals surface area contributed by atoms with E-state index in [4.69, 9.17) is 0 Å². The van der Waals surface area contributed by atoms with Gasteiger partial charge in [-0.2, -0.15) is 13.2 Å². The lowest BCUT2D eigenvalue weighted by Gasteiger charge is -2.45. The molecular weight excluding hydrogens is 474 g/mol. The van der Waals surface area contributed by atoms with E-state index in [9.17, 15) is 30.8 Å². The third-order valence-corrected chi connectivity index (χ3v) is 6.87. The number of nitrogens with one attached hydrogen (secondary N) is 2. The monoisotopic (exact) mass is 501 g/mol. The van der Waals surface area contributed by atoms with Crippen molar-refractivity contribution in [2.24, 2.45) is 5.92 Å². The van der Waals surface area contributed by atoms with Crippen molar-refractivity contribution in [1.82, 2.24) is 10.3 Å². The van der Waals surface area contributed by atoms with Gasteiger partial charge in [0, 0.05) is 18.0 Å². The van der Waals surface area contributed by atoms with Gasteiger partial charge in [-0.1, -0.05) is 31.4 Å². The second-order valence-electron chi connectivity index (χ2n) is 8.71. The third-order valence-electron chi connectivity index (χ3n) is 6.28. The number of benzene rings is 1. The maximum Gasteiger partial charge on any atom is 0.416 e. The Hall–Kier alpha value is -2.69. The Morgan fingerprint density at radius 3 is 2.35 bits per heavy atom. The largest absolute Gasteiger partial charge is 0.416 e. The Labute approximate surface area is 196 Å². The number of hydrogen-bond acceptors (Lipinski definition) is 4. The molecule has 2 unspecified atom stereocenters. The summed E-state index contributed by atoms with van der Waals surface area (Å²) >= 11 is 0. The zero-order valence-electron chi connectivity index (χ0n) is 18.8. The highest BCUT2D eigenvalue weighted by Crippen LogP contribution is 2.49. The van der Waals surface area contributed by atoms with E-state index in [1.54, 1.807) is 0 Å². The maximum absolute atomic E-state index is 14.8. The Morgan fingerprint density at radius 2 is 1.82 bits per heavy atom. The van der Waals surface area contributed by atoms with Crippen LogP contribution >= 0.6 is 0 Å². The molecule has 1 saturated carbocycles. The number of sulfonamides is 1. The van der Waals surface area contributed by atoms with E-state index in [2.05, 4.69) is 10.3 Å². The fourth-order valence-electron chi connectivity index (χ4n) is 4.54. The first-order chi connectivity index (χ1) is 15.8. The van der Waals surface area contributed by atoms with Gasteiger partial charge in [0.1, 0.15) is 5.82 Å². The van der Waals surface area contributed by atoms with E-state index in [0.29, 0.717) is 25.7 Å². The number of pyridine rings is 1. The minimum Gasteiger partial charge on any atom is -0.338 e. The highest BCUT2D eigenvalue weighted by molar-refractivity contribution is 7.92. The lowest BCUT2D eigenvalue weighted by Crippen LogP contribution is -2.61. The van der Waals surface area contributed by atoms with Crippen molar-refractivity contribution in [3.63, 3.8) is 0 Å². The molecule has 2 N–H and O–H groups in total. The third kappa shape index (κ3) is 5.51. The van der Waals surface area contributed by atoms with Crippen LogP contribution in [0.2, 0.25) is 0 Å². The quantitative estimate of drug-likeness (QED) is 0.531. The van der Waals surface area contributed by atoms with Gasteiger partial charge in [0.25, 0.3) is 0 Å². The number of carbonyl (C=O) groups is 1. The number of anilines is 1. The topological polar surface area (TPSA) is 88.2 Å². The van der Waals surface area contributed by atoms with Crippen LogP contribution in [0.5, 0.6) is 0 Å². The van der Waals surface area contributed by atoms with Gasteiger partial charge in [-0.3, -0.25) is 14.5 Å². The molecule has 3 rings (SSSR count). The maximum atomic E-state index is 14.8. The minimum absolute atomic E-state index is 0.111. The predicted molar refractivity (Wildman–Crippen MR) is 120 cm³/mol. The van der Waals surface area contributed by atoms with Crippen LogP contribution < -0.4 is 10.0 Å². The van der Waals surface area contributed by atoms with Crippen LogP contribution in [0, 0.1) is 11.7 Å². The van der Waals surface area contributed by atoms with E-state index in [1.165, 1.54) is 31.3 Å². The molecule has 0 saturated heterocycles. The Bertz CT molecular complexity index is 1120. The zero-order chi connectivity index (χ0) is 25.1. The first-order valence-electron chi connectivity index (χ1n) is 10.9. The van der Waals surface area contributed by atoms with E-state index in [0.717, 1.165) is 31.0 Å². The summed E-state index contributed by atoms with van der Waals surface area (Å²) in [5, 5.41) is 2.29. The first-order valence-corrected chi connectivity index (χ1v) is 12.8. The standard InChI is InChI=1S/C23H27F4N3O3S/c1-15(16-10-11-20(19(24)13-16)30-34(2,32)33)21(31)29-22(23(25,26)27,17-7-4-3-5-8-17)18-9-6-12-28-14-18/h6,9-15,17,30H,3-5,7-8H2,1-2H3,(H,29,31). The van der Waals surface area contributed by atoms with Crippen molar-refractivity contribution < 1.29 is 30.8 Å². The molecule has 1 fully saturated rings. The van der Waals surface area contributed by atoms with Crippen LogP contribution in [-0.4, -0.2) is 31.7 Å². The van der Waals surface area contributed by atoms with Crippen LogP contribution in [0.3, 0.4) is 0 Å². The number of aromatic nitrogens is 1. The summed E-state index contributed by atoms with van der Waals surface area (Å²) in [6.07, 6.45) is 1.20. The van der Waals surface area contributed by atoms with Gasteiger partial charge in [-0.05, 0) is 49.4 Å². The Morgan fingerprint density at radius 1 is 1.15 bits per heavy atom. The van der Waals surface area contributed by atoms with Crippen molar-refractivity contribution in [2.45, 2.75) is 56.7 Å². The minimum atomic E-state index is -4.80. The molecule has 1 amide bonds. The highest BCUT2D eigenvalue weighted by atomic mass is 32.2. The van der Waals surface area contributed by atoms with Crippen molar-refractivity contribution in [1.29, 1.82) is 0 Å². The summed E-state index contributed by atoms with van der Waals surface area (Å²) < 4.78 is 83.5. The summed E-state index contributed by atoms with van der Waals surface area (Å²) in [5.74, 6) is -3.87. The van der Waals surface area contributed by atoms with Crippen molar-refractivity contribution in [2.75, 3.05) is 11.0 Å². The van der Waals surface area contributed by atoms with E-state index in [-0.39, 0.29) is 16.8 Å². The number of hydrogen-bond donors (Lipinski definition) is 2. The molecule has 0 radical (unpaired) electrons. The van der Waals surface area contributed by atoms with Crippen molar-refractivity contribution >= 4 is 21.6 Å². The molecule has 1 aliphatic rings. The molecule has 2 aromatic rings. The fraction of sp³-hybridized carbons (Fsp3) is 0.478. The van der Waals surface area contributed by atoms with Crippen molar-refractivity contribution in [3.8, 4) is 0 Å². The summed E-state index contributed by atoms with van der Waals surface area (Å²) in [6, 6.07) is 6.09. The molecule has 1 aliphatic carbocycles. The zero-order valence-corrected chi connectivity index (χ0v) is 19.6. The van der Waals surface area contributed by atoms with Gasteiger partial charge < -0.3 is 5.32 Å². The molecule has 186 valence electrons. The number of amides is 1. The molecular formula is C23H27F4N3O3S. The SMILES string of the molecule is CC(C(=O)NC(c1cccnc1)(C1CCCCC1)C(F)(F)F)c1ccc(NS(C)(=O)=O)c(F)c1. The Balaban J connectivity index is 1.98. The van der Waals surface area contributed by atoms with Gasteiger partial charge >= 0.3 is 6.18 Å². The summed E-state index contributed by atoms with van der Waals surface area (Å²) in [5.41, 5.74) is -2.99. The summed E-state index contributed by atoms with van der Waals surface area (Å²) in [7, 11) is -3.73. The molecule has 0 aliphatic heterocycles. The average Bonchev–Trinajstić information content (AvgIpc) is 2.77. The van der Waals surface area contributed by atoms with Gasteiger partial charge in [-0.25, -0.2) is 12.8 Å². The number of carbonyl (C=O) groups excluding carboxylic acids is 1. The highest BCUT2D eigenvalue weighted by Gasteiger charge is 2.61. The van der Waals surface area contributed by atoms with Gasteiger partial charge in [0.15, 0.2) is 5.54 Å². The summed E-state index contributed by atoms with van der Waals surface area (Å²) in [4.78, 5) is 17.0. The predicted octanol–water partition coefficient (Wildman–Crippen LogP) is 4.85. The number of alkyl halides is 3. The molecule has 1 aromatic heterocycles. The molecule has 11 heteroatoms. The number of halogens is 4. The molecule has 2 atom stereocenters. The number of nitrogens with zero attached hydrogens (tertiary/aromatic N) is 1. The van der Waals surface area contributed by atoms with E-state index in [1.807, 2.05) is 4.72 Å². The van der Waals surface area contributed by atoms with Gasteiger partial charge in [-0.15, -0.1) is 0 Å².